The monoisotopic (exact) mass is 354 g/mol. The van der Waals surface area contributed by atoms with Crippen LogP contribution in [0.25, 0.3) is 0 Å². The zero-order chi connectivity index (χ0) is 8.10. The molecule has 0 aromatic carbocycles. The molecule has 0 fully saturated rings. The van der Waals surface area contributed by atoms with E-state index in [4.69, 9.17) is 0 Å². The Kier molecular flexibility index (Phi) is 11.3. The van der Waals surface area contributed by atoms with Crippen LogP contribution in [0.4, 0.5) is 0 Å². The van der Waals surface area contributed by atoms with Gasteiger partial charge in [-0.25, -0.2) is 0 Å². The number of hydrogen-bond acceptors (Lipinski definition) is 1. The first-order valence-electron chi connectivity index (χ1n) is 3.84. The zero-order valence-electron chi connectivity index (χ0n) is 7.12. The summed E-state index contributed by atoms with van der Waals surface area (Å²) in [5.74, 6) is 0. The minimum atomic E-state index is -0.0935. The molecule has 0 aromatic heterocycles. The van der Waals surface area contributed by atoms with E-state index in [1.165, 1.54) is 6.42 Å². The third-order valence-electron chi connectivity index (χ3n) is 1.74. The summed E-state index contributed by atoms with van der Waals surface area (Å²) in [6, 6.07) is 0. The fourth-order valence-corrected chi connectivity index (χ4v) is 1.31. The maximum absolute atomic E-state index is 10.8. The molecule has 13 heavy (non-hydrogen) atoms. The second kappa shape index (κ2) is 9.18. The molecule has 1 aliphatic rings. The van der Waals surface area contributed by atoms with E-state index in [1.54, 1.807) is 0 Å². The molecule has 0 saturated heterocycles. The van der Waals surface area contributed by atoms with Gasteiger partial charge in [0, 0.05) is 0 Å². The molecule has 0 aromatic rings. The summed E-state index contributed by atoms with van der Waals surface area (Å²) in [6.07, 6.45) is 10.2. The number of hydrogen-bond donors (Lipinski definition) is 0. The number of carbonyl (C=O) groups is 1. The van der Waals surface area contributed by atoms with E-state index >= 15 is 0 Å². The second-order valence-corrected chi connectivity index (χ2v) is 3.09. The maximum atomic E-state index is 10.8. The van der Waals surface area contributed by atoms with Crippen LogP contribution in [-0.4, -0.2) is 4.72 Å². The van der Waals surface area contributed by atoms with Crippen LogP contribution in [0.1, 0.15) is 25.7 Å². The van der Waals surface area contributed by atoms with Gasteiger partial charge in [-0.15, -0.1) is 34.0 Å². The Bertz CT molecular complexity index is 212. The van der Waals surface area contributed by atoms with Crippen molar-refractivity contribution < 1.29 is 20.5 Å². The van der Waals surface area contributed by atoms with Crippen molar-refractivity contribution in [2.24, 2.45) is 0 Å². The molecule has 0 atom stereocenters. The molecule has 0 bridgehead atoms. The van der Waals surface area contributed by atoms with Crippen LogP contribution in [0.2, 0.25) is 0 Å². The van der Waals surface area contributed by atoms with Crippen LogP contribution in [-0.2, 0) is 20.5 Å². The molecular weight excluding hydrogens is 343 g/mol. The Morgan fingerprint density at radius 2 is 2.00 bits per heavy atom. The van der Waals surface area contributed by atoms with Gasteiger partial charge in [-0.2, -0.15) is 0 Å². The molecule has 4 heteroatoms. The van der Waals surface area contributed by atoms with Gasteiger partial charge in [0.05, 0.1) is 0 Å². The third-order valence-corrected chi connectivity index (χ3v) is 2.07. The molecule has 1 nitrogen and oxygen atoms in total. The number of allylic oxidation sites excluding steroid dienone is 4. The molecule has 0 N–H and O–H groups in total. The van der Waals surface area contributed by atoms with Crippen molar-refractivity contribution in [2.75, 3.05) is 0 Å². The van der Waals surface area contributed by atoms with Gasteiger partial charge in [-0.05, 0) is 0 Å². The molecule has 1 rings (SSSR count). The van der Waals surface area contributed by atoms with Crippen LogP contribution in [0.5, 0.6) is 0 Å². The van der Waals surface area contributed by atoms with Gasteiger partial charge in [0.1, 0.15) is 0 Å². The molecule has 0 saturated carbocycles. The Morgan fingerprint density at radius 1 is 1.31 bits per heavy atom. The normalized spacial score (nSPS) is 15.7. The van der Waals surface area contributed by atoms with Crippen LogP contribution in [0.15, 0.2) is 23.8 Å². The molecule has 0 aliphatic heterocycles. The average molecular weight is 356 g/mol. The SMILES string of the molecule is Br.Br.O=[C]([Co])C1=CC=CCCCC1. The van der Waals surface area contributed by atoms with Crippen molar-refractivity contribution in [1.29, 1.82) is 0 Å². The summed E-state index contributed by atoms with van der Waals surface area (Å²) in [6.45, 7) is 0. The van der Waals surface area contributed by atoms with Gasteiger partial charge < -0.3 is 0 Å². The zero-order valence-corrected chi connectivity index (χ0v) is 11.6. The van der Waals surface area contributed by atoms with E-state index in [0.29, 0.717) is 0 Å². The van der Waals surface area contributed by atoms with E-state index < -0.39 is 0 Å². The summed E-state index contributed by atoms with van der Waals surface area (Å²) >= 11 is 3.83. The molecule has 0 radical (unpaired) electrons. The van der Waals surface area contributed by atoms with E-state index in [0.717, 1.165) is 24.8 Å². The van der Waals surface area contributed by atoms with Crippen LogP contribution in [0, 0.1) is 0 Å². The Morgan fingerprint density at radius 3 is 2.62 bits per heavy atom. The summed E-state index contributed by atoms with van der Waals surface area (Å²) in [4.78, 5) is 10.8. The molecule has 0 unspecified atom stereocenters. The fraction of sp³-hybridized carbons (Fsp3) is 0.444. The fourth-order valence-electron chi connectivity index (χ4n) is 1.10. The van der Waals surface area contributed by atoms with Gasteiger partial charge >= 0.3 is 74.7 Å². The predicted octanol–water partition coefficient (Wildman–Crippen LogP) is 3.27. The first-order chi connectivity index (χ1) is 5.30. The van der Waals surface area contributed by atoms with Crippen molar-refractivity contribution in [3.05, 3.63) is 23.8 Å². The van der Waals surface area contributed by atoms with Gasteiger partial charge in [-0.1, -0.05) is 0 Å². The summed E-state index contributed by atoms with van der Waals surface area (Å²) < 4.78 is -0.0935. The van der Waals surface area contributed by atoms with Crippen LogP contribution < -0.4 is 0 Å². The van der Waals surface area contributed by atoms with Gasteiger partial charge in [0.2, 0.25) is 0 Å². The first-order valence-corrected chi connectivity index (χ1v) is 4.36. The Labute approximate surface area is 108 Å². The van der Waals surface area contributed by atoms with E-state index in [2.05, 4.69) is 21.8 Å². The van der Waals surface area contributed by atoms with Gasteiger partial charge in [0.25, 0.3) is 0 Å². The van der Waals surface area contributed by atoms with E-state index in [9.17, 15) is 4.79 Å². The summed E-state index contributed by atoms with van der Waals surface area (Å²) in [5, 5.41) is 0. The molecule has 0 heterocycles. The topological polar surface area (TPSA) is 17.1 Å². The Hall–Kier alpha value is 0.616. The number of halogens is 2. The van der Waals surface area contributed by atoms with Crippen LogP contribution >= 0.6 is 34.0 Å². The standard InChI is InChI=1S/C9H11O.2BrH.Co/c10-8-9-6-4-2-1-3-5-7-9;;;/h2,4,6H,1,3,5,7H2;2*1H;. The third kappa shape index (κ3) is 6.66. The van der Waals surface area contributed by atoms with E-state index in [-0.39, 0.29) is 38.7 Å². The van der Waals surface area contributed by atoms with E-state index in [1.807, 2.05) is 12.2 Å². The molecular formula is C9H13Br2CoO. The molecule has 0 amide bonds. The summed E-state index contributed by atoms with van der Waals surface area (Å²) in [7, 11) is 0. The average Bonchev–Trinajstić information content (AvgIpc) is 1.84. The van der Waals surface area contributed by atoms with Gasteiger partial charge in [0.15, 0.2) is 0 Å². The predicted molar refractivity (Wildman–Crippen MR) is 61.3 cm³/mol. The quantitative estimate of drug-likeness (QED) is 0.705. The van der Waals surface area contributed by atoms with Crippen molar-refractivity contribution >= 4 is 38.7 Å². The van der Waals surface area contributed by atoms with Crippen molar-refractivity contribution in [3.63, 3.8) is 0 Å². The molecule has 0 spiro atoms. The van der Waals surface area contributed by atoms with Crippen molar-refractivity contribution in [2.45, 2.75) is 25.7 Å². The van der Waals surface area contributed by atoms with Crippen LogP contribution in [0.3, 0.4) is 0 Å². The second-order valence-electron chi connectivity index (χ2n) is 2.62. The first kappa shape index (κ1) is 16.1. The minimum absolute atomic E-state index is 0. The van der Waals surface area contributed by atoms with Crippen molar-refractivity contribution in [1.82, 2.24) is 0 Å². The van der Waals surface area contributed by atoms with Crippen molar-refractivity contribution in [3.8, 4) is 0 Å². The summed E-state index contributed by atoms with van der Waals surface area (Å²) in [5.41, 5.74) is 0.834. The number of carbonyl (C=O) groups excluding carboxylic acids is 1. The number of rotatable bonds is 1. The molecule has 1 aliphatic carbocycles. The molecule has 78 valence electrons. The Balaban J connectivity index is 0. The van der Waals surface area contributed by atoms with Gasteiger partial charge in [-0.3, -0.25) is 0 Å².